The van der Waals surface area contributed by atoms with Crippen LogP contribution in [-0.4, -0.2) is 42.5 Å². The summed E-state index contributed by atoms with van der Waals surface area (Å²) in [5.41, 5.74) is 5.65. The van der Waals surface area contributed by atoms with Gasteiger partial charge in [-0.25, -0.2) is 0 Å². The van der Waals surface area contributed by atoms with Crippen molar-refractivity contribution in [1.29, 1.82) is 0 Å². The minimum Gasteiger partial charge on any atom is -0.353 e. The van der Waals surface area contributed by atoms with Crippen LogP contribution in [-0.2, 0) is 4.79 Å². The van der Waals surface area contributed by atoms with Gasteiger partial charge in [-0.2, -0.15) is 0 Å². The third-order valence-electron chi connectivity index (χ3n) is 5.01. The third-order valence-corrected chi connectivity index (χ3v) is 5.01. The number of carbonyl (C=O) groups is 1. The Labute approximate surface area is 129 Å². The summed E-state index contributed by atoms with van der Waals surface area (Å²) < 4.78 is 0. The van der Waals surface area contributed by atoms with E-state index in [1.54, 1.807) is 0 Å². The number of likely N-dealkylation sites (tertiary alicyclic amines) is 1. The van der Waals surface area contributed by atoms with E-state index in [1.807, 2.05) is 0 Å². The number of amides is 1. The highest BCUT2D eigenvalue weighted by Gasteiger charge is 2.32. The van der Waals surface area contributed by atoms with Gasteiger partial charge in [-0.3, -0.25) is 4.79 Å². The Balaban J connectivity index is 1.60. The maximum absolute atomic E-state index is 12.1. The molecular formula is C17H33N3O. The van der Waals surface area contributed by atoms with Gasteiger partial charge >= 0.3 is 0 Å². The molecule has 1 saturated carbocycles. The van der Waals surface area contributed by atoms with Crippen molar-refractivity contribution < 1.29 is 4.79 Å². The largest absolute Gasteiger partial charge is 0.353 e. The lowest BCUT2D eigenvalue weighted by molar-refractivity contribution is -0.122. The first-order chi connectivity index (χ1) is 10.2. The van der Waals surface area contributed by atoms with Crippen LogP contribution in [0.4, 0.5) is 0 Å². The van der Waals surface area contributed by atoms with Gasteiger partial charge in [0.1, 0.15) is 0 Å². The van der Waals surface area contributed by atoms with E-state index < -0.39 is 0 Å². The number of carbonyl (C=O) groups excluding carboxylic acids is 1. The van der Waals surface area contributed by atoms with Crippen LogP contribution in [0.5, 0.6) is 0 Å². The second-order valence-corrected chi connectivity index (χ2v) is 6.88. The Morgan fingerprint density at radius 3 is 2.48 bits per heavy atom. The van der Waals surface area contributed by atoms with E-state index in [0.717, 1.165) is 38.3 Å². The molecule has 1 saturated heterocycles. The molecule has 1 amide bonds. The Morgan fingerprint density at radius 1 is 1.19 bits per heavy atom. The fourth-order valence-electron chi connectivity index (χ4n) is 3.56. The van der Waals surface area contributed by atoms with Crippen LogP contribution in [0.15, 0.2) is 0 Å². The normalized spacial score (nSPS) is 22.2. The zero-order valence-corrected chi connectivity index (χ0v) is 13.7. The second-order valence-electron chi connectivity index (χ2n) is 6.88. The van der Waals surface area contributed by atoms with E-state index in [1.165, 1.54) is 38.8 Å². The number of hydrogen-bond donors (Lipinski definition) is 2. The highest BCUT2D eigenvalue weighted by atomic mass is 16.1. The SMILES string of the molecule is CCCC(CCN)CCC(=O)NC1CCN(C2CC2)CC1. The van der Waals surface area contributed by atoms with E-state index in [9.17, 15) is 4.79 Å². The molecule has 21 heavy (non-hydrogen) atoms. The number of nitrogens with two attached hydrogens (primary N) is 1. The van der Waals surface area contributed by atoms with E-state index in [-0.39, 0.29) is 5.91 Å². The summed E-state index contributed by atoms with van der Waals surface area (Å²) >= 11 is 0. The average Bonchev–Trinajstić information content (AvgIpc) is 3.31. The van der Waals surface area contributed by atoms with Crippen molar-refractivity contribution in [1.82, 2.24) is 10.2 Å². The van der Waals surface area contributed by atoms with Crippen LogP contribution in [0.1, 0.15) is 64.7 Å². The van der Waals surface area contributed by atoms with E-state index >= 15 is 0 Å². The quantitative estimate of drug-likeness (QED) is 0.686. The predicted molar refractivity (Wildman–Crippen MR) is 87.1 cm³/mol. The molecule has 2 rings (SSSR count). The van der Waals surface area contributed by atoms with Crippen LogP contribution >= 0.6 is 0 Å². The second kappa shape index (κ2) is 8.74. The van der Waals surface area contributed by atoms with Crippen LogP contribution in [0, 0.1) is 5.92 Å². The van der Waals surface area contributed by atoms with Crippen LogP contribution in [0.25, 0.3) is 0 Å². The Bertz CT molecular complexity index is 303. The van der Waals surface area contributed by atoms with Gasteiger partial charge in [-0.1, -0.05) is 19.8 Å². The number of nitrogens with zero attached hydrogens (tertiary/aromatic N) is 1. The number of nitrogens with one attached hydrogen (secondary N) is 1. The highest BCUT2D eigenvalue weighted by molar-refractivity contribution is 5.76. The molecule has 1 heterocycles. The lowest BCUT2D eigenvalue weighted by Gasteiger charge is -2.32. The summed E-state index contributed by atoms with van der Waals surface area (Å²) in [6, 6.07) is 1.28. The first-order valence-corrected chi connectivity index (χ1v) is 8.96. The summed E-state index contributed by atoms with van der Waals surface area (Å²) in [6.45, 7) is 5.28. The maximum Gasteiger partial charge on any atom is 0.220 e. The Morgan fingerprint density at radius 2 is 1.90 bits per heavy atom. The Hall–Kier alpha value is -0.610. The minimum atomic E-state index is 0.248. The van der Waals surface area contributed by atoms with Gasteiger partial charge in [-0.15, -0.1) is 0 Å². The maximum atomic E-state index is 12.1. The van der Waals surface area contributed by atoms with Crippen LogP contribution in [0.3, 0.4) is 0 Å². The Kier molecular flexibility index (Phi) is 6.97. The molecule has 4 heteroatoms. The summed E-state index contributed by atoms with van der Waals surface area (Å²) in [4.78, 5) is 14.7. The molecule has 0 aromatic carbocycles. The zero-order valence-electron chi connectivity index (χ0n) is 13.7. The van der Waals surface area contributed by atoms with E-state index in [2.05, 4.69) is 17.1 Å². The van der Waals surface area contributed by atoms with Gasteiger partial charge in [-0.05, 0) is 51.0 Å². The van der Waals surface area contributed by atoms with Gasteiger partial charge < -0.3 is 16.0 Å². The van der Waals surface area contributed by atoms with Crippen LogP contribution in [0.2, 0.25) is 0 Å². The molecule has 0 aromatic rings. The van der Waals surface area contributed by atoms with E-state index in [0.29, 0.717) is 18.4 Å². The van der Waals surface area contributed by atoms with E-state index in [4.69, 9.17) is 5.73 Å². The fraction of sp³-hybridized carbons (Fsp3) is 0.941. The van der Waals surface area contributed by atoms with Crippen molar-refractivity contribution in [3.63, 3.8) is 0 Å². The topological polar surface area (TPSA) is 58.4 Å². The summed E-state index contributed by atoms with van der Waals surface area (Å²) in [7, 11) is 0. The molecule has 3 N–H and O–H groups in total. The zero-order chi connectivity index (χ0) is 15.1. The number of rotatable bonds is 9. The average molecular weight is 295 g/mol. The van der Waals surface area contributed by atoms with Crippen molar-refractivity contribution in [3.05, 3.63) is 0 Å². The third kappa shape index (κ3) is 5.95. The number of piperidine rings is 1. The smallest absolute Gasteiger partial charge is 0.220 e. The monoisotopic (exact) mass is 295 g/mol. The van der Waals surface area contributed by atoms with Gasteiger partial charge in [0, 0.05) is 31.6 Å². The van der Waals surface area contributed by atoms with Crippen molar-refractivity contribution in [2.24, 2.45) is 11.7 Å². The van der Waals surface area contributed by atoms with Crippen LogP contribution < -0.4 is 11.1 Å². The minimum absolute atomic E-state index is 0.248. The molecule has 0 spiro atoms. The molecule has 1 aliphatic heterocycles. The molecule has 0 radical (unpaired) electrons. The lowest BCUT2D eigenvalue weighted by Crippen LogP contribution is -2.45. The summed E-state index contributed by atoms with van der Waals surface area (Å²) in [5.74, 6) is 0.875. The lowest BCUT2D eigenvalue weighted by atomic mass is 9.94. The van der Waals surface area contributed by atoms with Gasteiger partial charge in [0.2, 0.25) is 5.91 Å². The molecule has 1 aliphatic carbocycles. The summed E-state index contributed by atoms with van der Waals surface area (Å²) in [5, 5.41) is 3.24. The molecule has 4 nitrogen and oxygen atoms in total. The molecule has 1 unspecified atom stereocenters. The van der Waals surface area contributed by atoms with Gasteiger partial charge in [0.05, 0.1) is 0 Å². The molecule has 1 atom stereocenters. The standard InChI is InChI=1S/C17H33N3O/c1-2-3-14(8-11-18)4-7-17(21)19-15-9-12-20(13-10-15)16-5-6-16/h14-16H,2-13,18H2,1H3,(H,19,21). The van der Waals surface area contributed by atoms with Crippen molar-refractivity contribution in [3.8, 4) is 0 Å². The number of hydrogen-bond acceptors (Lipinski definition) is 3. The van der Waals surface area contributed by atoms with Gasteiger partial charge in [0.15, 0.2) is 0 Å². The van der Waals surface area contributed by atoms with Crippen molar-refractivity contribution in [2.75, 3.05) is 19.6 Å². The molecule has 2 aliphatic rings. The first kappa shape index (κ1) is 16.8. The van der Waals surface area contributed by atoms with Crippen molar-refractivity contribution in [2.45, 2.75) is 76.8 Å². The first-order valence-electron chi connectivity index (χ1n) is 8.96. The highest BCUT2D eigenvalue weighted by Crippen LogP contribution is 2.29. The summed E-state index contributed by atoms with van der Waals surface area (Å²) in [6.07, 6.45) is 10.1. The van der Waals surface area contributed by atoms with Gasteiger partial charge in [0.25, 0.3) is 0 Å². The van der Waals surface area contributed by atoms with Crippen molar-refractivity contribution >= 4 is 5.91 Å². The molecule has 0 aromatic heterocycles. The fourth-order valence-corrected chi connectivity index (χ4v) is 3.56. The molecule has 122 valence electrons. The molecule has 2 fully saturated rings. The predicted octanol–water partition coefficient (Wildman–Crippen LogP) is 2.27. The molecule has 0 bridgehead atoms. The molecular weight excluding hydrogens is 262 g/mol.